The molecule has 1 nitrogen and oxygen atoms in total. The zero-order chi connectivity index (χ0) is 15.9. The summed E-state index contributed by atoms with van der Waals surface area (Å²) < 4.78 is 2.25. The van der Waals surface area contributed by atoms with Crippen LogP contribution in [0.15, 0.2) is 62.7 Å². The molecule has 0 saturated carbocycles. The van der Waals surface area contributed by atoms with Crippen LogP contribution in [0.1, 0.15) is 23.1 Å². The number of aliphatic hydroxyl groups excluding tert-OH is 1. The summed E-state index contributed by atoms with van der Waals surface area (Å²) in [4.78, 5) is 0. The van der Waals surface area contributed by atoms with Crippen LogP contribution in [0.5, 0.6) is 0 Å². The van der Waals surface area contributed by atoms with Gasteiger partial charge in [0.1, 0.15) is 0 Å². The minimum absolute atomic E-state index is 0.164. The number of aliphatic hydroxyl groups is 1. The Bertz CT molecular complexity index is 687. The van der Waals surface area contributed by atoms with Crippen molar-refractivity contribution in [2.45, 2.75) is 13.3 Å². The first-order valence-electron chi connectivity index (χ1n) is 7.12. The van der Waals surface area contributed by atoms with Gasteiger partial charge in [0, 0.05) is 14.7 Å². The van der Waals surface area contributed by atoms with E-state index < -0.39 is 0 Å². The molecule has 114 valence electrons. The molecule has 0 aromatic heterocycles. The fraction of sp³-hybridized carbons (Fsp3) is 0.158. The molecule has 22 heavy (non-hydrogen) atoms. The molecular weight excluding hydrogens is 451 g/mol. The zero-order valence-electron chi connectivity index (χ0n) is 12.4. The summed E-state index contributed by atoms with van der Waals surface area (Å²) in [5.41, 5.74) is 4.80. The lowest BCUT2D eigenvalue weighted by Crippen LogP contribution is -1.91. The Kier molecular flexibility index (Phi) is 6.86. The molecule has 3 heteroatoms. The molecule has 0 spiro atoms. The highest BCUT2D eigenvalue weighted by Gasteiger charge is 2.08. The maximum Gasteiger partial charge on any atom is 0.0465 e. The van der Waals surface area contributed by atoms with Crippen LogP contribution in [0.4, 0.5) is 0 Å². The van der Waals surface area contributed by atoms with E-state index >= 15 is 0 Å². The molecule has 2 aromatic carbocycles. The third kappa shape index (κ3) is 4.80. The molecule has 0 unspecified atom stereocenters. The van der Waals surface area contributed by atoms with Gasteiger partial charge in [0.15, 0.2) is 0 Å². The summed E-state index contributed by atoms with van der Waals surface area (Å²) in [5, 5.41) is 9.16. The summed E-state index contributed by atoms with van der Waals surface area (Å²) in [6.07, 6.45) is 4.94. The largest absolute Gasteiger partial charge is 0.396 e. The number of rotatable bonds is 5. The van der Waals surface area contributed by atoms with Crippen molar-refractivity contribution < 1.29 is 5.11 Å². The number of hydrogen-bond acceptors (Lipinski definition) is 1. The van der Waals surface area contributed by atoms with Crippen molar-refractivity contribution in [1.29, 1.82) is 0 Å². The second-order valence-electron chi connectivity index (χ2n) is 4.99. The molecule has 0 fully saturated rings. The maximum atomic E-state index is 9.16. The Balaban J connectivity index is 2.41. The lowest BCUT2D eigenvalue weighted by atomic mass is 9.98. The van der Waals surface area contributed by atoms with E-state index in [2.05, 4.69) is 87.9 Å². The molecule has 1 N–H and O–H groups in total. The van der Waals surface area contributed by atoms with Crippen LogP contribution in [-0.4, -0.2) is 11.7 Å². The SMILES string of the molecule is Cc1ccccc1C(=C/CCO)/C(I)=C/c1ccc(Br)cc1. The number of halogens is 2. The number of aryl methyl sites for hydroxylation is 1. The van der Waals surface area contributed by atoms with Gasteiger partial charge in [0.25, 0.3) is 0 Å². The first-order valence-corrected chi connectivity index (χ1v) is 8.99. The topological polar surface area (TPSA) is 20.2 Å². The molecule has 2 rings (SSSR count). The van der Waals surface area contributed by atoms with Crippen LogP contribution < -0.4 is 0 Å². The first-order chi connectivity index (χ1) is 10.6. The third-order valence-corrected chi connectivity index (χ3v) is 4.75. The number of benzene rings is 2. The average molecular weight is 469 g/mol. The van der Waals surface area contributed by atoms with E-state index in [0.717, 1.165) is 10.0 Å². The summed E-state index contributed by atoms with van der Waals surface area (Å²) in [7, 11) is 0. The van der Waals surface area contributed by atoms with Crippen molar-refractivity contribution in [1.82, 2.24) is 0 Å². The molecule has 2 aromatic rings. The maximum absolute atomic E-state index is 9.16. The van der Waals surface area contributed by atoms with Gasteiger partial charge in [-0.05, 0) is 76.4 Å². The van der Waals surface area contributed by atoms with Crippen molar-refractivity contribution in [2.24, 2.45) is 0 Å². The van der Waals surface area contributed by atoms with Crippen LogP contribution in [0.2, 0.25) is 0 Å². The number of hydrogen-bond donors (Lipinski definition) is 1. The fourth-order valence-electron chi connectivity index (χ4n) is 2.20. The van der Waals surface area contributed by atoms with Gasteiger partial charge in [-0.25, -0.2) is 0 Å². The summed E-state index contributed by atoms with van der Waals surface area (Å²) >= 11 is 5.83. The second kappa shape index (κ2) is 8.65. The van der Waals surface area contributed by atoms with Crippen molar-refractivity contribution in [2.75, 3.05) is 6.61 Å². The highest BCUT2D eigenvalue weighted by atomic mass is 127. The van der Waals surface area contributed by atoms with Gasteiger partial charge in [-0.15, -0.1) is 0 Å². The Morgan fingerprint density at radius 3 is 2.45 bits per heavy atom. The van der Waals surface area contributed by atoms with E-state index in [1.54, 1.807) is 0 Å². The molecule has 0 aliphatic heterocycles. The normalized spacial score (nSPS) is 12.5. The zero-order valence-corrected chi connectivity index (χ0v) is 16.1. The summed E-state index contributed by atoms with van der Waals surface area (Å²) in [5.74, 6) is 0. The quantitative estimate of drug-likeness (QED) is 0.421. The molecule has 0 aliphatic carbocycles. The first kappa shape index (κ1) is 17.4. The predicted octanol–water partition coefficient (Wildman–Crippen LogP) is 6.00. The Morgan fingerprint density at radius 1 is 1.14 bits per heavy atom. The molecule has 0 aliphatic rings. The van der Waals surface area contributed by atoms with Gasteiger partial charge in [0.05, 0.1) is 0 Å². The third-order valence-electron chi connectivity index (χ3n) is 3.33. The Hall–Kier alpha value is -0.910. The van der Waals surface area contributed by atoms with Gasteiger partial charge < -0.3 is 5.11 Å². The van der Waals surface area contributed by atoms with Crippen LogP contribution in [0, 0.1) is 6.92 Å². The van der Waals surface area contributed by atoms with E-state index in [-0.39, 0.29) is 6.61 Å². The highest BCUT2D eigenvalue weighted by Crippen LogP contribution is 2.32. The monoisotopic (exact) mass is 468 g/mol. The van der Waals surface area contributed by atoms with Gasteiger partial charge in [-0.2, -0.15) is 0 Å². The lowest BCUT2D eigenvalue weighted by Gasteiger charge is -2.11. The predicted molar refractivity (Wildman–Crippen MR) is 107 cm³/mol. The summed E-state index contributed by atoms with van der Waals surface area (Å²) in [6.45, 7) is 2.28. The minimum atomic E-state index is 0.164. The van der Waals surface area contributed by atoms with Crippen LogP contribution in [0.3, 0.4) is 0 Å². The van der Waals surface area contributed by atoms with Gasteiger partial charge in [-0.1, -0.05) is 58.4 Å². The molecule has 0 heterocycles. The number of allylic oxidation sites excluding steroid dienone is 2. The lowest BCUT2D eigenvalue weighted by molar-refractivity contribution is 0.303. The van der Waals surface area contributed by atoms with Crippen LogP contribution in [-0.2, 0) is 0 Å². The smallest absolute Gasteiger partial charge is 0.0465 e. The molecule has 0 radical (unpaired) electrons. The molecule has 0 saturated heterocycles. The van der Waals surface area contributed by atoms with E-state index in [1.807, 2.05) is 18.2 Å². The Morgan fingerprint density at radius 2 is 1.82 bits per heavy atom. The molecule has 0 atom stereocenters. The van der Waals surface area contributed by atoms with Crippen LogP contribution >= 0.6 is 38.5 Å². The fourth-order valence-corrected chi connectivity index (χ4v) is 3.34. The van der Waals surface area contributed by atoms with Crippen molar-refractivity contribution in [3.63, 3.8) is 0 Å². The average Bonchev–Trinajstić information content (AvgIpc) is 2.51. The minimum Gasteiger partial charge on any atom is -0.396 e. The second-order valence-corrected chi connectivity index (χ2v) is 7.07. The van der Waals surface area contributed by atoms with Gasteiger partial charge >= 0.3 is 0 Å². The van der Waals surface area contributed by atoms with E-state index in [4.69, 9.17) is 5.11 Å². The van der Waals surface area contributed by atoms with E-state index in [1.165, 1.54) is 20.3 Å². The Labute approximate surface area is 154 Å². The van der Waals surface area contributed by atoms with Crippen molar-refractivity contribution >= 4 is 50.2 Å². The van der Waals surface area contributed by atoms with Gasteiger partial charge in [0.2, 0.25) is 0 Å². The highest BCUT2D eigenvalue weighted by molar-refractivity contribution is 14.1. The van der Waals surface area contributed by atoms with E-state index in [9.17, 15) is 0 Å². The standard InChI is InChI=1S/C19H18BrIO/c1-14-5-2-3-6-17(14)18(7-4-12-22)19(21)13-15-8-10-16(20)11-9-15/h2-3,5-11,13,22H,4,12H2,1H3/b18-7-,19-13-. The van der Waals surface area contributed by atoms with Crippen molar-refractivity contribution in [3.05, 3.63) is 79.3 Å². The molecular formula is C19H18BrIO. The molecule has 0 bridgehead atoms. The van der Waals surface area contributed by atoms with E-state index in [0.29, 0.717) is 6.42 Å². The molecule has 0 amide bonds. The van der Waals surface area contributed by atoms with Gasteiger partial charge in [-0.3, -0.25) is 0 Å². The van der Waals surface area contributed by atoms with Crippen molar-refractivity contribution in [3.8, 4) is 0 Å². The van der Waals surface area contributed by atoms with Crippen LogP contribution in [0.25, 0.3) is 11.6 Å². The summed E-state index contributed by atoms with van der Waals surface area (Å²) in [6, 6.07) is 16.6.